The van der Waals surface area contributed by atoms with Crippen molar-refractivity contribution in [3.63, 3.8) is 0 Å². The Morgan fingerprint density at radius 1 is 1.00 bits per heavy atom. The number of piperazine rings is 1. The molecule has 9 heteroatoms. The van der Waals surface area contributed by atoms with E-state index in [0.29, 0.717) is 31.2 Å². The van der Waals surface area contributed by atoms with Gasteiger partial charge in [-0.25, -0.2) is 8.78 Å². The minimum atomic E-state index is -0.698. The number of ether oxygens (including phenoxy) is 1. The van der Waals surface area contributed by atoms with Crippen LogP contribution in [-0.2, 0) is 6.54 Å². The minimum absolute atomic E-state index is 0.152. The molecule has 36 heavy (non-hydrogen) atoms. The van der Waals surface area contributed by atoms with Gasteiger partial charge in [0.15, 0.2) is 5.76 Å². The number of amides is 1. The van der Waals surface area contributed by atoms with E-state index in [2.05, 4.69) is 10.2 Å². The molecule has 1 N–H and O–H groups in total. The van der Waals surface area contributed by atoms with Gasteiger partial charge in [-0.1, -0.05) is 17.7 Å². The van der Waals surface area contributed by atoms with Crippen LogP contribution in [0.1, 0.15) is 29.0 Å². The Hall–Kier alpha value is -2.94. The van der Waals surface area contributed by atoms with Crippen LogP contribution in [0.4, 0.5) is 8.78 Å². The maximum atomic E-state index is 13.5. The summed E-state index contributed by atoms with van der Waals surface area (Å²) in [5.74, 6) is -0.507. The number of carbonyl (C=O) groups excluding carboxylic acids is 1. The van der Waals surface area contributed by atoms with Crippen LogP contribution in [0.2, 0.25) is 5.02 Å². The molecule has 0 radical (unpaired) electrons. The Morgan fingerprint density at radius 2 is 1.72 bits per heavy atom. The predicted molar refractivity (Wildman–Crippen MR) is 133 cm³/mol. The van der Waals surface area contributed by atoms with Crippen molar-refractivity contribution in [3.05, 3.63) is 76.5 Å². The van der Waals surface area contributed by atoms with Crippen molar-refractivity contribution in [2.24, 2.45) is 0 Å². The highest BCUT2D eigenvalue weighted by molar-refractivity contribution is 6.32. The standard InChI is InChI=1S/C27H28ClF2N3O3/c28-23-13-18(1-2-25(23)35-22-5-7-31-8-6-22)17-32-9-11-33(12-10-32)27(34)26-4-3-24(36-26)19-14-20(29)16-21(30)15-19/h1-4,13-16,22,31H,5-12,17H2. The van der Waals surface area contributed by atoms with Gasteiger partial charge in [0.25, 0.3) is 5.91 Å². The zero-order chi connectivity index (χ0) is 25.1. The third-order valence-electron chi connectivity index (χ3n) is 6.61. The Kier molecular flexibility index (Phi) is 7.55. The first kappa shape index (κ1) is 24.7. The van der Waals surface area contributed by atoms with E-state index < -0.39 is 11.6 Å². The lowest BCUT2D eigenvalue weighted by atomic mass is 10.1. The molecule has 2 saturated heterocycles. The van der Waals surface area contributed by atoms with Crippen LogP contribution in [-0.4, -0.2) is 61.1 Å². The summed E-state index contributed by atoms with van der Waals surface area (Å²) in [5, 5.41) is 3.94. The number of halogens is 3. The highest BCUT2D eigenvalue weighted by Gasteiger charge is 2.25. The number of rotatable bonds is 6. The fourth-order valence-electron chi connectivity index (χ4n) is 4.66. The zero-order valence-corrected chi connectivity index (χ0v) is 20.6. The van der Waals surface area contributed by atoms with Gasteiger partial charge in [0.05, 0.1) is 5.02 Å². The van der Waals surface area contributed by atoms with Crippen molar-refractivity contribution in [1.82, 2.24) is 15.1 Å². The van der Waals surface area contributed by atoms with Gasteiger partial charge in [-0.2, -0.15) is 0 Å². The molecule has 0 unspecified atom stereocenters. The molecule has 0 saturated carbocycles. The molecule has 2 aliphatic heterocycles. The van der Waals surface area contributed by atoms with Crippen LogP contribution in [0.5, 0.6) is 5.75 Å². The Bertz CT molecular complexity index is 1200. The summed E-state index contributed by atoms with van der Waals surface area (Å²) in [6.45, 7) is 5.16. The third kappa shape index (κ3) is 5.88. The highest BCUT2D eigenvalue weighted by atomic mass is 35.5. The molecular formula is C27H28ClF2N3O3. The van der Waals surface area contributed by atoms with Crippen molar-refractivity contribution >= 4 is 17.5 Å². The summed E-state index contributed by atoms with van der Waals surface area (Å²) >= 11 is 6.50. The van der Waals surface area contributed by atoms with Crippen LogP contribution in [0.15, 0.2) is 52.9 Å². The average molecular weight is 516 g/mol. The SMILES string of the molecule is O=C(c1ccc(-c2cc(F)cc(F)c2)o1)N1CCN(Cc2ccc(OC3CCNCC3)c(Cl)c2)CC1. The van der Waals surface area contributed by atoms with Crippen molar-refractivity contribution in [3.8, 4) is 17.1 Å². The van der Waals surface area contributed by atoms with Gasteiger partial charge in [0, 0.05) is 44.4 Å². The summed E-state index contributed by atoms with van der Waals surface area (Å²) in [7, 11) is 0. The number of piperidine rings is 1. The van der Waals surface area contributed by atoms with E-state index in [1.54, 1.807) is 17.0 Å². The van der Waals surface area contributed by atoms with Crippen LogP contribution < -0.4 is 10.1 Å². The first-order valence-electron chi connectivity index (χ1n) is 12.2. The molecule has 6 nitrogen and oxygen atoms in total. The lowest BCUT2D eigenvalue weighted by molar-refractivity contribution is 0.0598. The number of carbonyl (C=O) groups is 1. The molecule has 3 aromatic rings. The van der Waals surface area contributed by atoms with Gasteiger partial charge in [0.2, 0.25) is 0 Å². The summed E-state index contributed by atoms with van der Waals surface area (Å²) in [6.07, 6.45) is 2.15. The summed E-state index contributed by atoms with van der Waals surface area (Å²) in [5.41, 5.74) is 1.35. The zero-order valence-electron chi connectivity index (χ0n) is 19.8. The van der Waals surface area contributed by atoms with Gasteiger partial charge in [-0.15, -0.1) is 0 Å². The molecule has 1 amide bonds. The summed E-state index contributed by atoms with van der Waals surface area (Å²) < 4.78 is 38.8. The molecule has 5 rings (SSSR count). The van der Waals surface area contributed by atoms with Gasteiger partial charge >= 0.3 is 0 Å². The van der Waals surface area contributed by atoms with Gasteiger partial charge in [-0.3, -0.25) is 9.69 Å². The van der Waals surface area contributed by atoms with Crippen LogP contribution in [0.3, 0.4) is 0 Å². The average Bonchev–Trinajstić information content (AvgIpc) is 3.36. The summed E-state index contributed by atoms with van der Waals surface area (Å²) in [4.78, 5) is 16.9. The predicted octanol–water partition coefficient (Wildman–Crippen LogP) is 4.97. The quantitative estimate of drug-likeness (QED) is 0.502. The fraction of sp³-hybridized carbons (Fsp3) is 0.370. The number of nitrogens with one attached hydrogen (secondary N) is 1. The van der Waals surface area contributed by atoms with Gasteiger partial charge in [-0.05, 0) is 67.9 Å². The van der Waals surface area contributed by atoms with Gasteiger partial charge < -0.3 is 19.4 Å². The molecular weight excluding hydrogens is 488 g/mol. The van der Waals surface area contributed by atoms with Crippen molar-refractivity contribution in [1.29, 1.82) is 0 Å². The van der Waals surface area contributed by atoms with E-state index in [1.807, 2.05) is 18.2 Å². The monoisotopic (exact) mass is 515 g/mol. The Morgan fingerprint density at radius 3 is 2.42 bits per heavy atom. The Balaban J connectivity index is 1.14. The number of hydrogen-bond acceptors (Lipinski definition) is 5. The van der Waals surface area contributed by atoms with Crippen molar-refractivity contribution in [2.45, 2.75) is 25.5 Å². The van der Waals surface area contributed by atoms with Crippen LogP contribution in [0.25, 0.3) is 11.3 Å². The van der Waals surface area contributed by atoms with Gasteiger partial charge in [0.1, 0.15) is 29.2 Å². The molecule has 3 heterocycles. The van der Waals surface area contributed by atoms with E-state index in [4.69, 9.17) is 20.8 Å². The first-order valence-corrected chi connectivity index (χ1v) is 12.6. The number of hydrogen-bond donors (Lipinski definition) is 1. The number of benzene rings is 2. The largest absolute Gasteiger partial charge is 0.489 e. The molecule has 2 aliphatic rings. The maximum Gasteiger partial charge on any atom is 0.289 e. The van der Waals surface area contributed by atoms with E-state index >= 15 is 0 Å². The molecule has 2 fully saturated rings. The van der Waals surface area contributed by atoms with E-state index in [1.165, 1.54) is 12.1 Å². The normalized spacial score (nSPS) is 17.4. The number of nitrogens with zero attached hydrogens (tertiary/aromatic N) is 2. The molecule has 0 bridgehead atoms. The Labute approximate surface area is 213 Å². The molecule has 0 aliphatic carbocycles. The smallest absolute Gasteiger partial charge is 0.289 e. The fourth-order valence-corrected chi connectivity index (χ4v) is 4.91. The maximum absolute atomic E-state index is 13.5. The second-order valence-electron chi connectivity index (χ2n) is 9.22. The third-order valence-corrected chi connectivity index (χ3v) is 6.90. The molecule has 0 atom stereocenters. The minimum Gasteiger partial charge on any atom is -0.489 e. The van der Waals surface area contributed by atoms with Crippen molar-refractivity contribution in [2.75, 3.05) is 39.3 Å². The van der Waals surface area contributed by atoms with Crippen LogP contribution in [0, 0.1) is 11.6 Å². The van der Waals surface area contributed by atoms with Crippen molar-refractivity contribution < 1.29 is 22.7 Å². The second-order valence-corrected chi connectivity index (χ2v) is 9.63. The topological polar surface area (TPSA) is 58.0 Å². The molecule has 0 spiro atoms. The van der Waals surface area contributed by atoms with Crippen LogP contribution >= 0.6 is 11.6 Å². The second kappa shape index (κ2) is 11.0. The lowest BCUT2D eigenvalue weighted by Gasteiger charge is -2.34. The lowest BCUT2D eigenvalue weighted by Crippen LogP contribution is -2.48. The molecule has 190 valence electrons. The van der Waals surface area contributed by atoms with E-state index in [0.717, 1.165) is 49.9 Å². The molecule has 2 aromatic carbocycles. The highest BCUT2D eigenvalue weighted by Crippen LogP contribution is 2.29. The van der Waals surface area contributed by atoms with E-state index in [-0.39, 0.29) is 29.1 Å². The van der Waals surface area contributed by atoms with E-state index in [9.17, 15) is 13.6 Å². The number of furan rings is 1. The summed E-state index contributed by atoms with van der Waals surface area (Å²) in [6, 6.07) is 12.2. The first-order chi connectivity index (χ1) is 17.4. The molecule has 1 aromatic heterocycles.